The molecule has 5 aliphatic heterocycles. The van der Waals surface area contributed by atoms with Gasteiger partial charge in [-0.2, -0.15) is 0 Å². The van der Waals surface area contributed by atoms with Gasteiger partial charge >= 0.3 is 12.2 Å². The number of carbonyl (C=O) groups excluding carboxylic acids is 4. The van der Waals surface area contributed by atoms with Gasteiger partial charge in [-0.1, -0.05) is 43.3 Å². The summed E-state index contributed by atoms with van der Waals surface area (Å²) in [7, 11) is -3.11. The van der Waals surface area contributed by atoms with Crippen LogP contribution >= 0.6 is 0 Å². The molecule has 2 N–H and O–H groups in total. The molecule has 3 aromatic carbocycles. The lowest BCUT2D eigenvalue weighted by Gasteiger charge is -2.37. The average Bonchev–Trinajstić information content (AvgIpc) is 3.90. The third-order valence-corrected chi connectivity index (χ3v) is 14.2. The summed E-state index contributed by atoms with van der Waals surface area (Å²) in [6.07, 6.45) is -1.22. The molecule has 5 heterocycles. The van der Waals surface area contributed by atoms with Gasteiger partial charge in [0.25, 0.3) is 5.91 Å². The normalized spacial score (nSPS) is 26.7. The molecule has 13 nitrogen and oxygen atoms in total. The molecule has 5 atom stereocenters. The molecule has 5 aliphatic rings. The first-order valence-corrected chi connectivity index (χ1v) is 21.2. The number of carbonyl (C=O) groups is 4. The summed E-state index contributed by atoms with van der Waals surface area (Å²) in [5.74, 6) is -1.07. The molecular weight excluding hydrogens is 697 g/mol. The monoisotopic (exact) mass is 740 g/mol. The fraction of sp³-hybridized carbons (Fsp3) is 0.436. The van der Waals surface area contributed by atoms with Crippen molar-refractivity contribution in [2.24, 2.45) is 5.92 Å². The fourth-order valence-electron chi connectivity index (χ4n) is 9.14. The van der Waals surface area contributed by atoms with Gasteiger partial charge in [-0.25, -0.2) is 9.59 Å². The maximum absolute atomic E-state index is 15.1. The van der Waals surface area contributed by atoms with E-state index in [9.17, 15) is 24.3 Å². The molecule has 8 rings (SSSR count). The van der Waals surface area contributed by atoms with E-state index >= 15 is 4.79 Å². The number of aliphatic hydroxyl groups excluding tert-OH is 1. The molecule has 3 saturated heterocycles. The Kier molecular flexibility index (Phi) is 8.83. The van der Waals surface area contributed by atoms with E-state index in [-0.39, 0.29) is 38.0 Å². The molecule has 0 aromatic heterocycles. The van der Waals surface area contributed by atoms with Crippen molar-refractivity contribution in [1.29, 1.82) is 0 Å². The van der Waals surface area contributed by atoms with E-state index in [4.69, 9.17) is 14.2 Å². The van der Waals surface area contributed by atoms with E-state index < -0.39 is 49.7 Å². The predicted octanol–water partition coefficient (Wildman–Crippen LogP) is 4.28. The highest BCUT2D eigenvalue weighted by atomic mass is 28.4. The summed E-state index contributed by atoms with van der Waals surface area (Å²) in [6.45, 7) is 7.28. The SMILES string of the molecule is C[C@@H]1[C@@H]([Si](C)(C)O)[C@H](CC(=O)N2Cc3ccccc3C[C@H]2CO)O[C@@]12C(=O)N(Cc1ccc(N3CCOC3=O)cc1)c1ccc(N3CCOC3=O)cc12. The third kappa shape index (κ3) is 5.88. The summed E-state index contributed by atoms with van der Waals surface area (Å²) in [5.41, 5.74) is 3.32. The Bertz CT molecular complexity index is 1970. The largest absolute Gasteiger partial charge is 0.447 e. The van der Waals surface area contributed by atoms with Crippen LogP contribution in [0.4, 0.5) is 26.7 Å². The van der Waals surface area contributed by atoms with Crippen LogP contribution in [0.2, 0.25) is 18.6 Å². The van der Waals surface area contributed by atoms with Crippen molar-refractivity contribution in [3.8, 4) is 0 Å². The summed E-state index contributed by atoms with van der Waals surface area (Å²) in [6, 6.07) is 20.3. The van der Waals surface area contributed by atoms with E-state index in [1.165, 1.54) is 4.90 Å². The van der Waals surface area contributed by atoms with Gasteiger partial charge in [0.1, 0.15) is 13.2 Å². The number of amides is 4. The zero-order chi connectivity index (χ0) is 37.2. The second-order valence-electron chi connectivity index (χ2n) is 15.2. The molecule has 0 saturated carbocycles. The van der Waals surface area contributed by atoms with E-state index in [2.05, 4.69) is 0 Å². The van der Waals surface area contributed by atoms with Gasteiger partial charge in [-0.15, -0.1) is 0 Å². The Morgan fingerprint density at radius 2 is 1.55 bits per heavy atom. The quantitative estimate of drug-likeness (QED) is 0.323. The number of ether oxygens (including phenoxy) is 3. The van der Waals surface area contributed by atoms with E-state index in [0.717, 1.165) is 16.7 Å². The first-order valence-electron chi connectivity index (χ1n) is 18.2. The summed E-state index contributed by atoms with van der Waals surface area (Å²) in [5, 5.41) is 10.3. The number of cyclic esters (lactones) is 2. The Balaban J connectivity index is 1.15. The standard InChI is InChI=1S/C39H44N4O9Si/c1-24-35(53(2,3)49)33(20-34(45)42-22-27-7-5-4-6-26(27)18-30(42)23-44)52-39(24)31-19-29(41-15-17-51-38(41)48)12-13-32(31)43(36(39)46)21-25-8-10-28(11-9-25)40-14-16-50-37(40)47/h4-13,19,24,30,33,35,44,49H,14-18,20-23H2,1-3H3/t24-,30+,33+,35-,39+/m1/s1. The van der Waals surface area contributed by atoms with Crippen LogP contribution in [0, 0.1) is 5.92 Å². The molecule has 4 amide bonds. The Morgan fingerprint density at radius 1 is 0.906 bits per heavy atom. The van der Waals surface area contributed by atoms with Gasteiger partial charge in [0.05, 0.1) is 50.5 Å². The van der Waals surface area contributed by atoms with Crippen molar-refractivity contribution in [2.45, 2.75) is 69.2 Å². The highest BCUT2D eigenvalue weighted by molar-refractivity contribution is 6.71. The molecule has 0 radical (unpaired) electrons. The van der Waals surface area contributed by atoms with Gasteiger partial charge in [0, 0.05) is 34.9 Å². The van der Waals surface area contributed by atoms with Crippen LogP contribution in [0.3, 0.4) is 0 Å². The Labute approximate surface area is 308 Å². The molecule has 0 unspecified atom stereocenters. The first-order chi connectivity index (χ1) is 25.4. The minimum atomic E-state index is -3.11. The minimum Gasteiger partial charge on any atom is -0.447 e. The summed E-state index contributed by atoms with van der Waals surface area (Å²) >= 11 is 0. The highest BCUT2D eigenvalue weighted by Crippen LogP contribution is 2.60. The number of aliphatic hydroxyl groups is 1. The molecular formula is C39H44N4O9Si. The van der Waals surface area contributed by atoms with Crippen molar-refractivity contribution in [2.75, 3.05) is 47.6 Å². The van der Waals surface area contributed by atoms with Crippen molar-refractivity contribution in [1.82, 2.24) is 4.90 Å². The molecule has 14 heteroatoms. The van der Waals surface area contributed by atoms with Crippen molar-refractivity contribution in [3.63, 3.8) is 0 Å². The predicted molar refractivity (Wildman–Crippen MR) is 197 cm³/mol. The minimum absolute atomic E-state index is 0.0758. The topological polar surface area (TPSA) is 149 Å². The molecule has 3 aromatic rings. The van der Waals surface area contributed by atoms with Crippen LogP contribution in [0.15, 0.2) is 66.7 Å². The number of fused-ring (bicyclic) bond motifs is 3. The third-order valence-electron chi connectivity index (χ3n) is 11.7. The van der Waals surface area contributed by atoms with Gasteiger partial charge in [-0.3, -0.25) is 19.4 Å². The Morgan fingerprint density at radius 3 is 2.17 bits per heavy atom. The van der Waals surface area contributed by atoms with Crippen LogP contribution < -0.4 is 14.7 Å². The number of hydrogen-bond acceptors (Lipinski definition) is 9. The van der Waals surface area contributed by atoms with Crippen LogP contribution in [-0.2, 0) is 48.9 Å². The van der Waals surface area contributed by atoms with Gasteiger partial charge in [0.2, 0.25) is 5.91 Å². The second kappa shape index (κ2) is 13.3. The molecule has 3 fully saturated rings. The fourth-order valence-corrected chi connectivity index (χ4v) is 11.7. The van der Waals surface area contributed by atoms with Gasteiger partial charge in [0.15, 0.2) is 13.9 Å². The summed E-state index contributed by atoms with van der Waals surface area (Å²) < 4.78 is 17.3. The van der Waals surface area contributed by atoms with E-state index in [1.807, 2.05) is 80.7 Å². The van der Waals surface area contributed by atoms with Crippen LogP contribution in [-0.4, -0.2) is 92.2 Å². The number of hydrogen-bond donors (Lipinski definition) is 2. The number of anilines is 3. The van der Waals surface area contributed by atoms with Crippen LogP contribution in [0.1, 0.15) is 35.6 Å². The maximum atomic E-state index is 15.1. The second-order valence-corrected chi connectivity index (χ2v) is 19.2. The van der Waals surface area contributed by atoms with Crippen molar-refractivity contribution < 1.29 is 43.3 Å². The molecule has 0 bridgehead atoms. The molecule has 0 aliphatic carbocycles. The van der Waals surface area contributed by atoms with E-state index in [1.54, 1.807) is 20.8 Å². The molecule has 1 spiro atoms. The van der Waals surface area contributed by atoms with E-state index in [0.29, 0.717) is 55.3 Å². The Hall–Kier alpha value is -4.76. The van der Waals surface area contributed by atoms with Crippen molar-refractivity contribution in [3.05, 3.63) is 89.0 Å². The van der Waals surface area contributed by atoms with Crippen LogP contribution in [0.5, 0.6) is 0 Å². The number of rotatable bonds is 8. The van der Waals surface area contributed by atoms with Gasteiger partial charge in [-0.05, 0) is 66.5 Å². The lowest BCUT2D eigenvalue weighted by atomic mass is 9.82. The maximum Gasteiger partial charge on any atom is 0.414 e. The number of benzene rings is 3. The zero-order valence-corrected chi connectivity index (χ0v) is 31.1. The lowest BCUT2D eigenvalue weighted by molar-refractivity contribution is -0.151. The first kappa shape index (κ1) is 35.3. The van der Waals surface area contributed by atoms with Crippen molar-refractivity contribution >= 4 is 49.4 Å². The molecule has 53 heavy (non-hydrogen) atoms. The van der Waals surface area contributed by atoms with Gasteiger partial charge < -0.3 is 33.9 Å². The lowest BCUT2D eigenvalue weighted by Crippen LogP contribution is -2.48. The summed E-state index contributed by atoms with van der Waals surface area (Å²) in [4.78, 5) is 72.5. The number of nitrogens with zero attached hydrogens (tertiary/aromatic N) is 4. The average molecular weight is 741 g/mol. The highest BCUT2D eigenvalue weighted by Gasteiger charge is 2.66. The zero-order valence-electron chi connectivity index (χ0n) is 30.1. The smallest absolute Gasteiger partial charge is 0.414 e. The van der Waals surface area contributed by atoms with Crippen LogP contribution in [0.25, 0.3) is 0 Å². The molecule has 278 valence electrons.